The van der Waals surface area contributed by atoms with Crippen LogP contribution < -0.4 is 4.74 Å². The molecule has 204 valence electrons. The number of nitrogens with one attached hydrogen (secondary N) is 1. The second-order valence-corrected chi connectivity index (χ2v) is 13.0. The molecule has 2 unspecified atom stereocenters. The first-order valence-electron chi connectivity index (χ1n) is 13.0. The fourth-order valence-corrected chi connectivity index (χ4v) is 6.81. The minimum absolute atomic E-state index is 0.0698. The molecule has 2 atom stereocenters. The number of fused-ring (bicyclic) bond motifs is 3. The summed E-state index contributed by atoms with van der Waals surface area (Å²) >= 11 is 0. The smallest absolute Gasteiger partial charge is 0.331 e. The van der Waals surface area contributed by atoms with E-state index in [9.17, 15) is 13.2 Å². The average molecular weight is 547 g/mol. The van der Waals surface area contributed by atoms with Gasteiger partial charge >= 0.3 is 5.97 Å². The van der Waals surface area contributed by atoms with Gasteiger partial charge in [-0.15, -0.1) is 0 Å². The maximum absolute atomic E-state index is 14.2. The zero-order valence-corrected chi connectivity index (χ0v) is 23.9. The summed E-state index contributed by atoms with van der Waals surface area (Å²) in [6, 6.07) is 19.2. The summed E-state index contributed by atoms with van der Waals surface area (Å²) in [4.78, 5) is 17.4. The minimum atomic E-state index is -4.08. The van der Waals surface area contributed by atoms with Gasteiger partial charge in [0, 0.05) is 29.1 Å². The minimum Gasteiger partial charge on any atom is -0.497 e. The monoisotopic (exact) mass is 546 g/mol. The predicted molar refractivity (Wildman–Crippen MR) is 152 cm³/mol. The third-order valence-electron chi connectivity index (χ3n) is 7.07. The standard InChI is InChI=1S/C31H34N2O5S/c1-19-7-14-23(15-8-19)39(35,36)33-18-25(21-10-12-22(37-6)13-11-21)27-24-17-20(2)9-16-26(24)32-28(27)29(33)30(34)38-31(3,4)5/h7-17,25,29,32H,18H2,1-6H3. The van der Waals surface area contributed by atoms with Gasteiger partial charge < -0.3 is 14.5 Å². The molecule has 4 aromatic rings. The molecule has 3 aromatic carbocycles. The van der Waals surface area contributed by atoms with Crippen molar-refractivity contribution in [2.75, 3.05) is 13.7 Å². The van der Waals surface area contributed by atoms with Crippen LogP contribution in [0, 0.1) is 13.8 Å². The second kappa shape index (κ2) is 9.84. The summed E-state index contributed by atoms with van der Waals surface area (Å²) in [6.07, 6.45) is 0. The number of esters is 1. The third kappa shape index (κ3) is 5.06. The van der Waals surface area contributed by atoms with Crippen molar-refractivity contribution >= 4 is 26.9 Å². The zero-order valence-electron chi connectivity index (χ0n) is 23.1. The van der Waals surface area contributed by atoms with Gasteiger partial charge in [-0.3, -0.25) is 0 Å². The third-order valence-corrected chi connectivity index (χ3v) is 8.92. The molecule has 7 nitrogen and oxygen atoms in total. The van der Waals surface area contributed by atoms with Crippen LogP contribution in [-0.4, -0.2) is 42.9 Å². The molecule has 0 saturated carbocycles. The molecule has 0 amide bonds. The Labute approximate surface area is 229 Å². The van der Waals surface area contributed by atoms with Crippen LogP contribution in [-0.2, 0) is 19.6 Å². The summed E-state index contributed by atoms with van der Waals surface area (Å²) in [7, 11) is -2.47. The Balaban J connectivity index is 1.77. The Morgan fingerprint density at radius 2 is 1.59 bits per heavy atom. The van der Waals surface area contributed by atoms with Crippen molar-refractivity contribution in [1.82, 2.24) is 9.29 Å². The number of aromatic nitrogens is 1. The molecule has 5 rings (SSSR count). The van der Waals surface area contributed by atoms with Crippen LogP contribution in [0.5, 0.6) is 5.75 Å². The molecular weight excluding hydrogens is 512 g/mol. The van der Waals surface area contributed by atoms with Crippen LogP contribution in [0.2, 0.25) is 0 Å². The number of hydrogen-bond acceptors (Lipinski definition) is 5. The zero-order chi connectivity index (χ0) is 28.1. The quantitative estimate of drug-likeness (QED) is 0.310. The lowest BCUT2D eigenvalue weighted by Gasteiger charge is -2.38. The summed E-state index contributed by atoms with van der Waals surface area (Å²) in [5.41, 5.74) is 4.42. The Kier molecular flexibility index (Phi) is 6.81. The number of methoxy groups -OCH3 is 1. The highest BCUT2D eigenvalue weighted by atomic mass is 32.2. The molecule has 39 heavy (non-hydrogen) atoms. The fraction of sp³-hybridized carbons (Fsp3) is 0.323. The largest absolute Gasteiger partial charge is 0.497 e. The van der Waals surface area contributed by atoms with Gasteiger partial charge in [-0.05, 0) is 82.1 Å². The highest BCUT2D eigenvalue weighted by Gasteiger charge is 2.47. The molecule has 2 heterocycles. The van der Waals surface area contributed by atoms with Crippen molar-refractivity contribution < 1.29 is 22.7 Å². The molecule has 0 spiro atoms. The fourth-order valence-electron chi connectivity index (χ4n) is 5.24. The van der Waals surface area contributed by atoms with E-state index in [1.165, 1.54) is 4.31 Å². The molecule has 0 saturated heterocycles. The number of H-pyrrole nitrogens is 1. The number of carbonyl (C=O) groups is 1. The van der Waals surface area contributed by atoms with Gasteiger partial charge in [0.1, 0.15) is 11.4 Å². The van der Waals surface area contributed by atoms with Crippen LogP contribution in [0.3, 0.4) is 0 Å². The van der Waals surface area contributed by atoms with Crippen molar-refractivity contribution in [3.8, 4) is 5.75 Å². The molecule has 1 aliphatic rings. The number of hydrogen-bond donors (Lipinski definition) is 1. The molecule has 1 N–H and O–H groups in total. The van der Waals surface area contributed by atoms with Gasteiger partial charge in [-0.25, -0.2) is 13.2 Å². The number of nitrogens with zero attached hydrogens (tertiary/aromatic N) is 1. The van der Waals surface area contributed by atoms with Crippen LogP contribution in [0.25, 0.3) is 10.9 Å². The lowest BCUT2D eigenvalue weighted by molar-refractivity contribution is -0.160. The van der Waals surface area contributed by atoms with E-state index in [2.05, 4.69) is 11.1 Å². The summed E-state index contributed by atoms with van der Waals surface area (Å²) in [6.45, 7) is 9.33. The van der Waals surface area contributed by atoms with Crippen LogP contribution in [0.1, 0.15) is 60.7 Å². The number of benzene rings is 3. The van der Waals surface area contributed by atoms with Gasteiger partial charge in [-0.2, -0.15) is 4.31 Å². The number of rotatable bonds is 5. The van der Waals surface area contributed by atoms with Crippen molar-refractivity contribution in [2.24, 2.45) is 0 Å². The summed E-state index contributed by atoms with van der Waals surface area (Å²) in [5.74, 6) is -0.239. The van der Waals surface area contributed by atoms with Crippen LogP contribution in [0.4, 0.5) is 0 Å². The lowest BCUT2D eigenvalue weighted by Crippen LogP contribution is -2.47. The van der Waals surface area contributed by atoms with E-state index in [1.807, 2.05) is 50.2 Å². The first-order chi connectivity index (χ1) is 18.4. The van der Waals surface area contributed by atoms with E-state index in [0.717, 1.165) is 33.2 Å². The molecule has 8 heteroatoms. The molecule has 1 aromatic heterocycles. The van der Waals surface area contributed by atoms with Crippen molar-refractivity contribution in [3.63, 3.8) is 0 Å². The second-order valence-electron chi connectivity index (χ2n) is 11.2. The topological polar surface area (TPSA) is 88.7 Å². The maximum Gasteiger partial charge on any atom is 0.331 e. The summed E-state index contributed by atoms with van der Waals surface area (Å²) in [5, 5.41) is 0.965. The van der Waals surface area contributed by atoms with Crippen molar-refractivity contribution in [1.29, 1.82) is 0 Å². The van der Waals surface area contributed by atoms with E-state index >= 15 is 0 Å². The number of ether oxygens (including phenoxy) is 2. The highest BCUT2D eigenvalue weighted by molar-refractivity contribution is 7.89. The SMILES string of the molecule is COc1ccc(C2CN(S(=O)(=O)c3ccc(C)cc3)C(C(=O)OC(C)(C)C)c3[nH]c4ccc(C)cc4c32)cc1. The normalized spacial score (nSPS) is 18.1. The van der Waals surface area contributed by atoms with Gasteiger partial charge in [0.05, 0.1) is 12.0 Å². The molecule has 1 aliphatic heterocycles. The van der Waals surface area contributed by atoms with Crippen molar-refractivity contribution in [3.05, 3.63) is 94.7 Å². The first kappa shape index (κ1) is 27.0. The predicted octanol–water partition coefficient (Wildman–Crippen LogP) is 6.01. The van der Waals surface area contributed by atoms with E-state index in [1.54, 1.807) is 52.1 Å². The Morgan fingerprint density at radius 3 is 2.21 bits per heavy atom. The van der Waals surface area contributed by atoms with E-state index in [0.29, 0.717) is 11.4 Å². The van der Waals surface area contributed by atoms with E-state index in [-0.39, 0.29) is 17.4 Å². The average Bonchev–Trinajstić information content (AvgIpc) is 3.25. The first-order valence-corrected chi connectivity index (χ1v) is 14.4. The molecule has 0 fully saturated rings. The molecule has 0 aliphatic carbocycles. The maximum atomic E-state index is 14.2. The van der Waals surface area contributed by atoms with Crippen LogP contribution in [0.15, 0.2) is 71.6 Å². The highest BCUT2D eigenvalue weighted by Crippen LogP contribution is 2.46. The number of carbonyl (C=O) groups excluding carboxylic acids is 1. The Morgan fingerprint density at radius 1 is 0.949 bits per heavy atom. The Bertz CT molecular complexity index is 1630. The number of sulfonamides is 1. The molecule has 0 bridgehead atoms. The van der Waals surface area contributed by atoms with Gasteiger partial charge in [-0.1, -0.05) is 41.5 Å². The number of aromatic amines is 1. The Hall–Kier alpha value is -3.62. The van der Waals surface area contributed by atoms with E-state index in [4.69, 9.17) is 9.47 Å². The van der Waals surface area contributed by atoms with Crippen molar-refractivity contribution in [2.45, 2.75) is 57.1 Å². The van der Waals surface area contributed by atoms with Gasteiger partial charge in [0.15, 0.2) is 6.04 Å². The lowest BCUT2D eigenvalue weighted by atomic mass is 9.84. The summed E-state index contributed by atoms with van der Waals surface area (Å²) < 4.78 is 40.9. The molecule has 0 radical (unpaired) electrons. The molecular formula is C31H34N2O5S. The van der Waals surface area contributed by atoms with Gasteiger partial charge in [0.25, 0.3) is 0 Å². The van der Waals surface area contributed by atoms with Crippen LogP contribution >= 0.6 is 0 Å². The number of aryl methyl sites for hydroxylation is 2. The van der Waals surface area contributed by atoms with Gasteiger partial charge in [0.2, 0.25) is 10.0 Å². The van der Waals surface area contributed by atoms with E-state index < -0.39 is 27.6 Å².